The molecule has 1 saturated heterocycles. The second kappa shape index (κ2) is 9.42. The molecule has 1 fully saturated rings. The molecule has 1 aromatic carbocycles. The van der Waals surface area contributed by atoms with Crippen LogP contribution in [0.4, 0.5) is 0 Å². The van der Waals surface area contributed by atoms with Gasteiger partial charge >= 0.3 is 0 Å². The lowest BCUT2D eigenvalue weighted by molar-refractivity contribution is -0.114. The number of ether oxygens (including phenoxy) is 1. The van der Waals surface area contributed by atoms with E-state index in [1.165, 1.54) is 12.8 Å². The van der Waals surface area contributed by atoms with E-state index in [2.05, 4.69) is 11.8 Å². The molecular formula is C19H27NO2. The zero-order valence-electron chi connectivity index (χ0n) is 13.6. The maximum Gasteiger partial charge on any atom is 0.156 e. The van der Waals surface area contributed by atoms with Crippen molar-refractivity contribution in [1.29, 1.82) is 0 Å². The Morgan fingerprint density at radius 2 is 1.95 bits per heavy atom. The van der Waals surface area contributed by atoms with E-state index in [-0.39, 0.29) is 5.78 Å². The fourth-order valence-electron chi connectivity index (χ4n) is 2.56. The van der Waals surface area contributed by atoms with Crippen molar-refractivity contribution in [3.8, 4) is 5.75 Å². The summed E-state index contributed by atoms with van der Waals surface area (Å²) in [5, 5.41) is 0. The second-order valence-corrected chi connectivity index (χ2v) is 5.87. The van der Waals surface area contributed by atoms with Crippen molar-refractivity contribution >= 4 is 11.9 Å². The molecule has 0 unspecified atom stereocenters. The zero-order valence-corrected chi connectivity index (χ0v) is 13.6. The molecular weight excluding hydrogens is 274 g/mol. The van der Waals surface area contributed by atoms with Crippen molar-refractivity contribution in [2.75, 3.05) is 26.2 Å². The Morgan fingerprint density at radius 3 is 2.64 bits per heavy atom. The molecule has 0 amide bonds. The summed E-state index contributed by atoms with van der Waals surface area (Å²) in [6.45, 7) is 6.11. The SMILES string of the molecule is CCCCOc1ccc(/C=C/C(=O)CCN2CCCC2)cc1. The summed E-state index contributed by atoms with van der Waals surface area (Å²) in [6.07, 6.45) is 8.97. The number of carbonyl (C=O) groups excluding carboxylic acids is 1. The Kier molecular flexibility index (Phi) is 7.17. The van der Waals surface area contributed by atoms with Gasteiger partial charge in [-0.2, -0.15) is 0 Å². The minimum atomic E-state index is 0.204. The molecule has 1 aromatic rings. The topological polar surface area (TPSA) is 29.5 Å². The first-order chi connectivity index (χ1) is 10.8. The molecule has 120 valence electrons. The number of carbonyl (C=O) groups is 1. The first kappa shape index (κ1) is 16.8. The highest BCUT2D eigenvalue weighted by molar-refractivity contribution is 5.93. The summed E-state index contributed by atoms with van der Waals surface area (Å²) in [4.78, 5) is 14.2. The minimum Gasteiger partial charge on any atom is -0.494 e. The smallest absolute Gasteiger partial charge is 0.156 e. The molecule has 0 spiro atoms. The Hall–Kier alpha value is -1.61. The second-order valence-electron chi connectivity index (χ2n) is 5.87. The van der Waals surface area contributed by atoms with Gasteiger partial charge in [0.25, 0.3) is 0 Å². The molecule has 0 radical (unpaired) electrons. The molecule has 0 atom stereocenters. The predicted molar refractivity (Wildman–Crippen MR) is 91.2 cm³/mol. The van der Waals surface area contributed by atoms with Gasteiger partial charge in [0.15, 0.2) is 5.78 Å². The maximum atomic E-state index is 11.9. The largest absolute Gasteiger partial charge is 0.494 e. The quantitative estimate of drug-likeness (QED) is 0.511. The number of hydrogen-bond acceptors (Lipinski definition) is 3. The normalized spacial score (nSPS) is 15.5. The van der Waals surface area contributed by atoms with Crippen molar-refractivity contribution in [2.45, 2.75) is 39.0 Å². The fraction of sp³-hybridized carbons (Fsp3) is 0.526. The summed E-state index contributed by atoms with van der Waals surface area (Å²) in [7, 11) is 0. The average molecular weight is 301 g/mol. The van der Waals surface area contributed by atoms with Gasteiger partial charge < -0.3 is 9.64 Å². The van der Waals surface area contributed by atoms with Crippen molar-refractivity contribution < 1.29 is 9.53 Å². The number of likely N-dealkylation sites (tertiary alicyclic amines) is 1. The van der Waals surface area contributed by atoms with Gasteiger partial charge in [-0.3, -0.25) is 4.79 Å². The van der Waals surface area contributed by atoms with Crippen LogP contribution in [0.15, 0.2) is 30.3 Å². The van der Waals surface area contributed by atoms with Gasteiger partial charge in [0.1, 0.15) is 5.75 Å². The van der Waals surface area contributed by atoms with Gasteiger partial charge in [0.05, 0.1) is 6.61 Å². The lowest BCUT2D eigenvalue weighted by Crippen LogP contribution is -2.22. The zero-order chi connectivity index (χ0) is 15.6. The van der Waals surface area contributed by atoms with E-state index in [0.717, 1.165) is 50.4 Å². The van der Waals surface area contributed by atoms with Crippen LogP contribution in [0.1, 0.15) is 44.6 Å². The molecule has 22 heavy (non-hydrogen) atoms. The number of allylic oxidation sites excluding steroid dienone is 1. The van der Waals surface area contributed by atoms with Crippen LogP contribution in [0, 0.1) is 0 Å². The number of benzene rings is 1. The number of ketones is 1. The van der Waals surface area contributed by atoms with E-state index < -0.39 is 0 Å². The highest BCUT2D eigenvalue weighted by Crippen LogP contribution is 2.14. The predicted octanol–water partition coefficient (Wildman–Crippen LogP) is 3.93. The minimum absolute atomic E-state index is 0.204. The lowest BCUT2D eigenvalue weighted by atomic mass is 10.1. The Bertz CT molecular complexity index is 473. The van der Waals surface area contributed by atoms with Crippen LogP contribution in [-0.2, 0) is 4.79 Å². The summed E-state index contributed by atoms with van der Waals surface area (Å²) in [5.41, 5.74) is 1.04. The molecule has 2 rings (SSSR count). The first-order valence-corrected chi connectivity index (χ1v) is 8.44. The first-order valence-electron chi connectivity index (χ1n) is 8.44. The van der Waals surface area contributed by atoms with Gasteiger partial charge in [-0.15, -0.1) is 0 Å². The molecule has 0 bridgehead atoms. The van der Waals surface area contributed by atoms with Crippen LogP contribution in [-0.4, -0.2) is 36.9 Å². The molecule has 1 aliphatic rings. The van der Waals surface area contributed by atoms with E-state index in [1.807, 2.05) is 30.3 Å². The van der Waals surface area contributed by atoms with E-state index in [9.17, 15) is 4.79 Å². The van der Waals surface area contributed by atoms with E-state index in [4.69, 9.17) is 4.74 Å². The van der Waals surface area contributed by atoms with E-state index in [0.29, 0.717) is 6.42 Å². The van der Waals surface area contributed by atoms with Crippen LogP contribution in [0.5, 0.6) is 5.75 Å². The standard InChI is InChI=1S/C19H27NO2/c1-2-3-16-22-19-10-7-17(8-11-19)6-9-18(21)12-15-20-13-4-5-14-20/h6-11H,2-5,12-16H2,1H3/b9-6+. The van der Waals surface area contributed by atoms with Gasteiger partial charge in [-0.05, 0) is 56.1 Å². The summed E-state index contributed by atoms with van der Waals surface area (Å²) in [6, 6.07) is 7.91. The van der Waals surface area contributed by atoms with Gasteiger partial charge in [0.2, 0.25) is 0 Å². The molecule has 3 heteroatoms. The van der Waals surface area contributed by atoms with Crippen LogP contribution in [0.3, 0.4) is 0 Å². The van der Waals surface area contributed by atoms with Gasteiger partial charge in [-0.25, -0.2) is 0 Å². The molecule has 0 saturated carbocycles. The highest BCUT2D eigenvalue weighted by Gasteiger charge is 2.11. The number of hydrogen-bond donors (Lipinski definition) is 0. The lowest BCUT2D eigenvalue weighted by Gasteiger charge is -2.12. The van der Waals surface area contributed by atoms with Crippen LogP contribution < -0.4 is 4.74 Å². The Labute approximate surface area is 134 Å². The number of unbranched alkanes of at least 4 members (excludes halogenated alkanes) is 1. The fourth-order valence-corrected chi connectivity index (χ4v) is 2.56. The van der Waals surface area contributed by atoms with Gasteiger partial charge in [0, 0.05) is 13.0 Å². The third-order valence-corrected chi connectivity index (χ3v) is 3.98. The van der Waals surface area contributed by atoms with Crippen LogP contribution in [0.25, 0.3) is 6.08 Å². The monoisotopic (exact) mass is 301 g/mol. The van der Waals surface area contributed by atoms with E-state index in [1.54, 1.807) is 6.08 Å². The van der Waals surface area contributed by atoms with Crippen molar-refractivity contribution in [3.63, 3.8) is 0 Å². The molecule has 0 aromatic heterocycles. The maximum absolute atomic E-state index is 11.9. The number of rotatable bonds is 9. The van der Waals surface area contributed by atoms with Crippen molar-refractivity contribution in [3.05, 3.63) is 35.9 Å². The summed E-state index contributed by atoms with van der Waals surface area (Å²) >= 11 is 0. The van der Waals surface area contributed by atoms with Crippen molar-refractivity contribution in [2.24, 2.45) is 0 Å². The number of nitrogens with zero attached hydrogens (tertiary/aromatic N) is 1. The molecule has 0 aliphatic carbocycles. The van der Waals surface area contributed by atoms with Crippen molar-refractivity contribution in [1.82, 2.24) is 4.90 Å². The van der Waals surface area contributed by atoms with Gasteiger partial charge in [-0.1, -0.05) is 31.6 Å². The molecule has 0 N–H and O–H groups in total. The third-order valence-electron chi connectivity index (χ3n) is 3.98. The summed E-state index contributed by atoms with van der Waals surface area (Å²) < 4.78 is 5.63. The van der Waals surface area contributed by atoms with E-state index >= 15 is 0 Å². The Balaban J connectivity index is 1.73. The average Bonchev–Trinajstić information content (AvgIpc) is 3.06. The third kappa shape index (κ3) is 6.02. The van der Waals surface area contributed by atoms with Crippen LogP contribution >= 0.6 is 0 Å². The Morgan fingerprint density at radius 1 is 1.23 bits per heavy atom. The highest BCUT2D eigenvalue weighted by atomic mass is 16.5. The van der Waals surface area contributed by atoms with Crippen LogP contribution in [0.2, 0.25) is 0 Å². The summed E-state index contributed by atoms with van der Waals surface area (Å²) in [5.74, 6) is 1.10. The molecule has 3 nitrogen and oxygen atoms in total. The molecule has 1 heterocycles. The molecule has 1 aliphatic heterocycles.